The predicted octanol–water partition coefficient (Wildman–Crippen LogP) is 3.83. The number of thiazole rings is 1. The third kappa shape index (κ3) is 2.99. The molecule has 0 aliphatic carbocycles. The third-order valence-corrected chi connectivity index (χ3v) is 3.65. The molecule has 0 saturated carbocycles. The Morgan fingerprint density at radius 2 is 2.24 bits per heavy atom. The fraction of sp³-hybridized carbons (Fsp3) is 0.308. The van der Waals surface area contributed by atoms with E-state index in [0.29, 0.717) is 5.88 Å². The maximum absolute atomic E-state index is 5.82. The Bertz CT molecular complexity index is 482. The van der Waals surface area contributed by atoms with Gasteiger partial charge in [-0.1, -0.05) is 12.1 Å². The number of aryl methyl sites for hydroxylation is 1. The minimum Gasteiger partial charge on any atom is -0.368 e. The lowest BCUT2D eigenvalue weighted by Crippen LogP contribution is -2.17. The number of benzene rings is 1. The van der Waals surface area contributed by atoms with Crippen molar-refractivity contribution in [3.8, 4) is 0 Å². The van der Waals surface area contributed by atoms with Gasteiger partial charge in [0.15, 0.2) is 0 Å². The molecular formula is C13H15ClN2S. The van der Waals surface area contributed by atoms with Crippen LogP contribution >= 0.6 is 22.9 Å². The van der Waals surface area contributed by atoms with E-state index in [-0.39, 0.29) is 0 Å². The van der Waals surface area contributed by atoms with Crippen molar-refractivity contribution < 1.29 is 0 Å². The number of rotatable bonds is 4. The van der Waals surface area contributed by atoms with E-state index in [0.717, 1.165) is 17.8 Å². The van der Waals surface area contributed by atoms with Crippen LogP contribution in [0.4, 0.5) is 5.69 Å². The van der Waals surface area contributed by atoms with Gasteiger partial charge >= 0.3 is 0 Å². The van der Waals surface area contributed by atoms with Crippen LogP contribution in [0.3, 0.4) is 0 Å². The molecule has 0 N–H and O–H groups in total. The number of hydrogen-bond acceptors (Lipinski definition) is 3. The highest BCUT2D eigenvalue weighted by molar-refractivity contribution is 7.07. The molecule has 0 atom stereocenters. The minimum atomic E-state index is 0.566. The molecule has 0 amide bonds. The summed E-state index contributed by atoms with van der Waals surface area (Å²) in [6, 6.07) is 6.34. The molecule has 1 heterocycles. The molecule has 0 aliphatic heterocycles. The molecule has 2 aromatic rings. The summed E-state index contributed by atoms with van der Waals surface area (Å²) in [5.41, 5.74) is 6.62. The Morgan fingerprint density at radius 3 is 2.82 bits per heavy atom. The summed E-state index contributed by atoms with van der Waals surface area (Å²) in [5, 5.41) is 2.08. The molecule has 90 valence electrons. The summed E-state index contributed by atoms with van der Waals surface area (Å²) in [7, 11) is 2.09. The van der Waals surface area contributed by atoms with E-state index < -0.39 is 0 Å². The molecule has 4 heteroatoms. The molecule has 1 aromatic heterocycles. The highest BCUT2D eigenvalue weighted by Gasteiger charge is 2.07. The van der Waals surface area contributed by atoms with Crippen molar-refractivity contribution in [3.05, 3.63) is 45.9 Å². The second-order valence-electron chi connectivity index (χ2n) is 4.09. The number of alkyl halides is 1. The summed E-state index contributed by atoms with van der Waals surface area (Å²) >= 11 is 7.46. The second-order valence-corrected chi connectivity index (χ2v) is 5.08. The SMILES string of the molecule is Cc1cc(CCl)ccc1N(C)Cc1cscn1. The molecule has 0 aliphatic rings. The van der Waals surface area contributed by atoms with Crippen LogP contribution in [0.5, 0.6) is 0 Å². The number of nitrogens with zero attached hydrogens (tertiary/aromatic N) is 2. The monoisotopic (exact) mass is 266 g/mol. The number of hydrogen-bond donors (Lipinski definition) is 0. The molecule has 1 aromatic carbocycles. The van der Waals surface area contributed by atoms with Crippen molar-refractivity contribution in [2.45, 2.75) is 19.3 Å². The Hall–Kier alpha value is -1.06. The maximum Gasteiger partial charge on any atom is 0.0795 e. The summed E-state index contributed by atoms with van der Waals surface area (Å²) < 4.78 is 0. The zero-order chi connectivity index (χ0) is 12.3. The Morgan fingerprint density at radius 1 is 1.41 bits per heavy atom. The fourth-order valence-electron chi connectivity index (χ4n) is 1.87. The van der Waals surface area contributed by atoms with Crippen molar-refractivity contribution in [2.75, 3.05) is 11.9 Å². The van der Waals surface area contributed by atoms with Crippen LogP contribution in [-0.4, -0.2) is 12.0 Å². The van der Waals surface area contributed by atoms with Crippen molar-refractivity contribution in [1.82, 2.24) is 4.98 Å². The average molecular weight is 267 g/mol. The standard InChI is InChI=1S/C13H15ClN2S/c1-10-5-11(6-14)3-4-13(10)16(2)7-12-8-17-9-15-12/h3-5,8-9H,6-7H2,1-2H3. The van der Waals surface area contributed by atoms with E-state index in [1.807, 2.05) is 5.51 Å². The lowest BCUT2D eigenvalue weighted by Gasteiger charge is -2.20. The second kappa shape index (κ2) is 5.52. The van der Waals surface area contributed by atoms with Gasteiger partial charge in [0.2, 0.25) is 0 Å². The first kappa shape index (κ1) is 12.4. The summed E-state index contributed by atoms with van der Waals surface area (Å²) in [6.07, 6.45) is 0. The fourth-order valence-corrected chi connectivity index (χ4v) is 2.59. The summed E-state index contributed by atoms with van der Waals surface area (Å²) in [6.45, 7) is 2.95. The molecular weight excluding hydrogens is 252 g/mol. The van der Waals surface area contributed by atoms with Crippen LogP contribution in [0.15, 0.2) is 29.1 Å². The number of anilines is 1. The first-order chi connectivity index (χ1) is 8.20. The van der Waals surface area contributed by atoms with Gasteiger partial charge in [-0.05, 0) is 24.1 Å². The first-order valence-corrected chi connectivity index (χ1v) is 6.92. The topological polar surface area (TPSA) is 16.1 Å². The highest BCUT2D eigenvalue weighted by Crippen LogP contribution is 2.22. The highest BCUT2D eigenvalue weighted by atomic mass is 35.5. The Balaban J connectivity index is 2.16. The Kier molecular flexibility index (Phi) is 4.02. The smallest absolute Gasteiger partial charge is 0.0795 e. The van der Waals surface area contributed by atoms with E-state index in [2.05, 4.69) is 47.4 Å². The van der Waals surface area contributed by atoms with Crippen LogP contribution in [0.25, 0.3) is 0 Å². The van der Waals surface area contributed by atoms with Crippen LogP contribution in [0, 0.1) is 6.92 Å². The minimum absolute atomic E-state index is 0.566. The van der Waals surface area contributed by atoms with Crippen molar-refractivity contribution in [1.29, 1.82) is 0 Å². The molecule has 0 bridgehead atoms. The van der Waals surface area contributed by atoms with Gasteiger partial charge < -0.3 is 4.90 Å². The van der Waals surface area contributed by atoms with Gasteiger partial charge in [0.25, 0.3) is 0 Å². The lowest BCUT2D eigenvalue weighted by atomic mass is 10.1. The van der Waals surface area contributed by atoms with Crippen LogP contribution in [0.2, 0.25) is 0 Å². The lowest BCUT2D eigenvalue weighted by molar-refractivity contribution is 0.890. The zero-order valence-electron chi connectivity index (χ0n) is 9.98. The molecule has 0 saturated heterocycles. The van der Waals surface area contributed by atoms with Gasteiger partial charge in [0.1, 0.15) is 0 Å². The maximum atomic E-state index is 5.82. The van der Waals surface area contributed by atoms with Crippen LogP contribution in [-0.2, 0) is 12.4 Å². The quantitative estimate of drug-likeness (QED) is 0.782. The van der Waals surface area contributed by atoms with Gasteiger partial charge in [-0.15, -0.1) is 22.9 Å². The van der Waals surface area contributed by atoms with Gasteiger partial charge in [-0.3, -0.25) is 0 Å². The summed E-state index contributed by atoms with van der Waals surface area (Å²) in [5.74, 6) is 0.566. The number of halogens is 1. The van der Waals surface area contributed by atoms with Gasteiger partial charge in [-0.2, -0.15) is 0 Å². The molecule has 0 radical (unpaired) electrons. The largest absolute Gasteiger partial charge is 0.368 e. The Labute approximate surface area is 111 Å². The van der Waals surface area contributed by atoms with E-state index in [1.54, 1.807) is 11.3 Å². The molecule has 2 rings (SSSR count). The molecule has 2 nitrogen and oxygen atoms in total. The van der Waals surface area contributed by atoms with Gasteiger partial charge in [0, 0.05) is 24.0 Å². The predicted molar refractivity (Wildman–Crippen MR) is 75.0 cm³/mol. The normalized spacial score (nSPS) is 10.5. The van der Waals surface area contributed by atoms with E-state index in [4.69, 9.17) is 11.6 Å². The van der Waals surface area contributed by atoms with Crippen molar-refractivity contribution in [2.24, 2.45) is 0 Å². The van der Waals surface area contributed by atoms with Crippen LogP contribution < -0.4 is 4.90 Å². The zero-order valence-corrected chi connectivity index (χ0v) is 11.6. The molecule has 0 spiro atoms. The molecule has 17 heavy (non-hydrogen) atoms. The first-order valence-electron chi connectivity index (χ1n) is 5.44. The third-order valence-electron chi connectivity index (χ3n) is 2.71. The number of aromatic nitrogens is 1. The van der Waals surface area contributed by atoms with Crippen molar-refractivity contribution >= 4 is 28.6 Å². The van der Waals surface area contributed by atoms with Crippen molar-refractivity contribution in [3.63, 3.8) is 0 Å². The summed E-state index contributed by atoms with van der Waals surface area (Å²) in [4.78, 5) is 6.51. The van der Waals surface area contributed by atoms with E-state index in [1.165, 1.54) is 11.3 Å². The molecule has 0 unspecified atom stereocenters. The van der Waals surface area contributed by atoms with Gasteiger partial charge in [0.05, 0.1) is 17.7 Å². The van der Waals surface area contributed by atoms with E-state index >= 15 is 0 Å². The van der Waals surface area contributed by atoms with E-state index in [9.17, 15) is 0 Å². The molecule has 0 fully saturated rings. The van der Waals surface area contributed by atoms with Gasteiger partial charge in [-0.25, -0.2) is 4.98 Å². The average Bonchev–Trinajstić information content (AvgIpc) is 2.81. The van der Waals surface area contributed by atoms with Crippen LogP contribution in [0.1, 0.15) is 16.8 Å².